The van der Waals surface area contributed by atoms with Crippen LogP contribution in [0.2, 0.25) is 0 Å². The summed E-state index contributed by atoms with van der Waals surface area (Å²) in [6.45, 7) is 1.94. The third-order valence-electron chi connectivity index (χ3n) is 4.27. The molecule has 0 aliphatic heterocycles. The Bertz CT molecular complexity index is 1280. The van der Waals surface area contributed by atoms with Gasteiger partial charge in [-0.15, -0.1) is 5.10 Å². The summed E-state index contributed by atoms with van der Waals surface area (Å²) in [6.07, 6.45) is 0.451. The van der Waals surface area contributed by atoms with Crippen LogP contribution in [0.1, 0.15) is 18.2 Å². The molecular weight excluding hydrogens is 432 g/mol. The summed E-state index contributed by atoms with van der Waals surface area (Å²) in [7, 11) is 0. The maximum absolute atomic E-state index is 14.1. The molecule has 4 rings (SSSR count). The van der Waals surface area contributed by atoms with Crippen LogP contribution in [0.25, 0.3) is 17.0 Å². The van der Waals surface area contributed by atoms with Gasteiger partial charge in [0.2, 0.25) is 5.82 Å². The average molecular weight is 446 g/mol. The molecule has 0 unspecified atom stereocenters. The quantitative estimate of drug-likeness (QED) is 0.472. The van der Waals surface area contributed by atoms with Crippen molar-refractivity contribution in [3.8, 4) is 11.5 Å². The normalized spacial score (nSPS) is 10.9. The number of halogens is 4. The number of hydrogen-bond donors (Lipinski definition) is 1. The van der Waals surface area contributed by atoms with Gasteiger partial charge in [-0.3, -0.25) is 4.98 Å². The van der Waals surface area contributed by atoms with Crippen molar-refractivity contribution < 1.29 is 27.2 Å². The van der Waals surface area contributed by atoms with Crippen LogP contribution < -0.4 is 5.32 Å². The van der Waals surface area contributed by atoms with E-state index in [1.807, 2.05) is 13.0 Å². The summed E-state index contributed by atoms with van der Waals surface area (Å²) < 4.78 is 54.7. The second-order valence-electron chi connectivity index (χ2n) is 6.24. The number of alkyl halides is 3. The number of nitrogens with zero attached hydrogens (tertiary/aromatic N) is 5. The minimum atomic E-state index is -4.59. The Kier molecular flexibility index (Phi) is 6.55. The third kappa shape index (κ3) is 4.76. The minimum absolute atomic E-state index is 0.0289. The minimum Gasteiger partial charge on any atom is -0.336 e. The Morgan fingerprint density at radius 1 is 1.12 bits per heavy atom. The molecular formula is C20H14F4N6O2. The van der Waals surface area contributed by atoms with E-state index in [9.17, 15) is 17.6 Å². The molecule has 0 saturated heterocycles. The van der Waals surface area contributed by atoms with Crippen LogP contribution >= 0.6 is 0 Å². The van der Waals surface area contributed by atoms with Crippen LogP contribution in [0.5, 0.6) is 0 Å². The molecule has 8 nitrogen and oxygen atoms in total. The Balaban J connectivity index is 0.000000913. The summed E-state index contributed by atoms with van der Waals surface area (Å²) in [5, 5.41) is 7.19. The first-order chi connectivity index (χ1) is 15.3. The fourth-order valence-electron chi connectivity index (χ4n) is 2.89. The van der Waals surface area contributed by atoms with Crippen molar-refractivity contribution in [2.45, 2.75) is 19.5 Å². The molecule has 0 aliphatic carbocycles. The fourth-order valence-corrected chi connectivity index (χ4v) is 2.89. The van der Waals surface area contributed by atoms with Crippen molar-refractivity contribution in [2.24, 2.45) is 0 Å². The molecule has 0 bridgehead atoms. The van der Waals surface area contributed by atoms with Gasteiger partial charge in [0, 0.05) is 12.4 Å². The third-order valence-corrected chi connectivity index (χ3v) is 4.27. The van der Waals surface area contributed by atoms with Crippen molar-refractivity contribution in [1.82, 2.24) is 24.6 Å². The highest BCUT2D eigenvalue weighted by Gasteiger charge is 2.32. The van der Waals surface area contributed by atoms with E-state index >= 15 is 0 Å². The van der Waals surface area contributed by atoms with Crippen molar-refractivity contribution >= 4 is 23.2 Å². The Morgan fingerprint density at radius 2 is 1.88 bits per heavy atom. The van der Waals surface area contributed by atoms with Crippen LogP contribution in [-0.2, 0) is 22.2 Å². The molecule has 0 fully saturated rings. The van der Waals surface area contributed by atoms with Crippen LogP contribution in [0.4, 0.5) is 29.1 Å². The summed E-state index contributed by atoms with van der Waals surface area (Å²) in [5.74, 6) is -0.368. The molecule has 0 atom stereocenters. The lowest BCUT2D eigenvalue weighted by molar-refractivity contribution is -0.191. The van der Waals surface area contributed by atoms with Gasteiger partial charge in [-0.25, -0.2) is 18.9 Å². The molecule has 4 aromatic heterocycles. The Hall–Kier alpha value is -4.18. The van der Waals surface area contributed by atoms with Gasteiger partial charge in [0.05, 0.1) is 11.9 Å². The number of aromatic nitrogens is 5. The monoisotopic (exact) mass is 446 g/mol. The maximum atomic E-state index is 14.1. The predicted molar refractivity (Wildman–Crippen MR) is 103 cm³/mol. The number of anilines is 2. The van der Waals surface area contributed by atoms with E-state index in [4.69, 9.17) is 9.59 Å². The van der Waals surface area contributed by atoms with Crippen LogP contribution in [0.3, 0.4) is 0 Å². The maximum Gasteiger partial charge on any atom is 0.433 e. The zero-order chi connectivity index (χ0) is 23.3. The van der Waals surface area contributed by atoms with Crippen LogP contribution in [0.15, 0.2) is 48.9 Å². The number of fused-ring (bicyclic) bond motifs is 1. The highest BCUT2D eigenvalue weighted by atomic mass is 19.4. The number of hydrogen-bond acceptors (Lipinski definition) is 7. The second kappa shape index (κ2) is 9.31. The molecule has 4 heterocycles. The molecule has 0 aromatic carbocycles. The van der Waals surface area contributed by atoms with Gasteiger partial charge in [-0.05, 0) is 36.2 Å². The van der Waals surface area contributed by atoms with Crippen molar-refractivity contribution in [2.75, 3.05) is 5.32 Å². The van der Waals surface area contributed by atoms with Crippen molar-refractivity contribution in [1.29, 1.82) is 0 Å². The fraction of sp³-hybridized carbons (Fsp3) is 0.150. The molecule has 164 valence electrons. The molecule has 4 aromatic rings. The number of carbonyl (C=O) groups excluding carboxylic acids is 2. The molecule has 0 spiro atoms. The van der Waals surface area contributed by atoms with Gasteiger partial charge >= 0.3 is 12.3 Å². The molecule has 32 heavy (non-hydrogen) atoms. The van der Waals surface area contributed by atoms with E-state index in [2.05, 4.69) is 25.4 Å². The van der Waals surface area contributed by atoms with Crippen LogP contribution in [-0.4, -0.2) is 30.7 Å². The highest BCUT2D eigenvalue weighted by Crippen LogP contribution is 2.30. The van der Waals surface area contributed by atoms with Crippen LogP contribution in [0, 0.1) is 5.82 Å². The summed E-state index contributed by atoms with van der Waals surface area (Å²) >= 11 is 0. The van der Waals surface area contributed by atoms with Gasteiger partial charge in [0.15, 0.2) is 11.6 Å². The predicted octanol–water partition coefficient (Wildman–Crippen LogP) is 4.07. The van der Waals surface area contributed by atoms with Gasteiger partial charge in [0.25, 0.3) is 0 Å². The van der Waals surface area contributed by atoms with E-state index in [1.54, 1.807) is 6.20 Å². The van der Waals surface area contributed by atoms with E-state index in [0.717, 1.165) is 17.8 Å². The Morgan fingerprint density at radius 3 is 2.53 bits per heavy atom. The van der Waals surface area contributed by atoms with Gasteiger partial charge in [-0.2, -0.15) is 22.8 Å². The lowest BCUT2D eigenvalue weighted by Gasteiger charge is -2.12. The number of pyridine rings is 2. The first-order valence-corrected chi connectivity index (χ1v) is 9.07. The second-order valence-corrected chi connectivity index (χ2v) is 6.24. The highest BCUT2D eigenvalue weighted by molar-refractivity contribution is 5.78. The topological polar surface area (TPSA) is 102 Å². The molecule has 0 saturated carbocycles. The lowest BCUT2D eigenvalue weighted by atomic mass is 10.2. The smallest absolute Gasteiger partial charge is 0.336 e. The lowest BCUT2D eigenvalue weighted by Crippen LogP contribution is -2.10. The SMILES string of the molecule is CCc1ccn2nc(-c3cccc(C(F)(F)F)n3)nc(Nc3ccncc3F)c12.O=C=O. The average Bonchev–Trinajstić information content (AvgIpc) is 3.19. The molecule has 0 aliphatic rings. The largest absolute Gasteiger partial charge is 0.433 e. The number of nitrogens with one attached hydrogen (secondary N) is 1. The van der Waals surface area contributed by atoms with E-state index in [1.165, 1.54) is 28.9 Å². The van der Waals surface area contributed by atoms with E-state index < -0.39 is 17.7 Å². The molecule has 0 radical (unpaired) electrons. The van der Waals surface area contributed by atoms with E-state index in [0.29, 0.717) is 11.9 Å². The molecule has 0 amide bonds. The van der Waals surface area contributed by atoms with E-state index in [-0.39, 0.29) is 29.2 Å². The standard InChI is InChI=1S/C19H14F4N6.CO2/c1-2-11-7-9-29-16(11)18(26-13-6-8-24-10-12(13)20)27-17(28-29)14-4-3-5-15(25-14)19(21,22)23;2-1-3/h3-10H,2H2,1H3,(H,24,26,27,28);. The Labute approximate surface area is 178 Å². The first kappa shape index (κ1) is 22.5. The molecule has 1 N–H and O–H groups in total. The zero-order valence-electron chi connectivity index (χ0n) is 16.4. The van der Waals surface area contributed by atoms with Crippen molar-refractivity contribution in [3.05, 3.63) is 66.0 Å². The zero-order valence-corrected chi connectivity index (χ0v) is 16.4. The summed E-state index contributed by atoms with van der Waals surface area (Å²) in [5.41, 5.74) is 0.526. The number of aryl methyl sites for hydroxylation is 1. The summed E-state index contributed by atoms with van der Waals surface area (Å²) in [6, 6.07) is 6.75. The van der Waals surface area contributed by atoms with Crippen molar-refractivity contribution in [3.63, 3.8) is 0 Å². The van der Waals surface area contributed by atoms with Gasteiger partial charge in [0.1, 0.15) is 16.9 Å². The summed E-state index contributed by atoms with van der Waals surface area (Å²) in [4.78, 5) is 27.9. The van der Waals surface area contributed by atoms with Gasteiger partial charge < -0.3 is 5.32 Å². The number of rotatable bonds is 4. The molecule has 12 heteroatoms. The first-order valence-electron chi connectivity index (χ1n) is 9.07. The van der Waals surface area contributed by atoms with Gasteiger partial charge in [-0.1, -0.05) is 13.0 Å².